The van der Waals surface area contributed by atoms with Gasteiger partial charge >= 0.3 is 0 Å². The molecule has 0 aromatic carbocycles. The van der Waals surface area contributed by atoms with Crippen LogP contribution in [0.1, 0.15) is 44.2 Å². The molecule has 0 fully saturated rings. The topological polar surface area (TPSA) is 60.2 Å². The van der Waals surface area contributed by atoms with Crippen LogP contribution < -0.4 is 4.74 Å². The van der Waals surface area contributed by atoms with Crippen molar-refractivity contribution in [3.63, 3.8) is 0 Å². The van der Waals surface area contributed by atoms with Crippen LogP contribution in [0.2, 0.25) is 0 Å². The van der Waals surface area contributed by atoms with Crippen LogP contribution in [0.15, 0.2) is 24.5 Å². The molecule has 0 radical (unpaired) electrons. The van der Waals surface area contributed by atoms with Gasteiger partial charge in [-0.15, -0.1) is 0 Å². The van der Waals surface area contributed by atoms with E-state index in [1.54, 1.807) is 12.4 Å². The van der Waals surface area contributed by atoms with Gasteiger partial charge in [0.05, 0.1) is 24.7 Å². The Morgan fingerprint density at radius 2 is 2.09 bits per heavy atom. The van der Waals surface area contributed by atoms with E-state index < -0.39 is 0 Å². The highest BCUT2D eigenvalue weighted by atomic mass is 16.5. The molecule has 1 amide bonds. The molecule has 0 bridgehead atoms. The van der Waals surface area contributed by atoms with Crippen LogP contribution >= 0.6 is 0 Å². The number of amides is 1. The molecule has 0 aliphatic carbocycles. The van der Waals surface area contributed by atoms with Crippen molar-refractivity contribution in [2.75, 3.05) is 6.54 Å². The summed E-state index contributed by atoms with van der Waals surface area (Å²) < 4.78 is 7.52. The Balaban J connectivity index is 1.81. The predicted octanol–water partition coefficient (Wildman–Crippen LogP) is 2.95. The van der Waals surface area contributed by atoms with Crippen molar-refractivity contribution in [1.29, 1.82) is 0 Å². The van der Waals surface area contributed by atoms with E-state index in [-0.39, 0.29) is 12.0 Å². The molecule has 0 unspecified atom stereocenters. The van der Waals surface area contributed by atoms with E-state index >= 15 is 0 Å². The highest BCUT2D eigenvalue weighted by molar-refractivity contribution is 5.93. The van der Waals surface area contributed by atoms with Crippen LogP contribution in [-0.2, 0) is 6.67 Å². The fourth-order valence-corrected chi connectivity index (χ4v) is 2.66. The number of fused-ring (bicyclic) bond motifs is 1. The van der Waals surface area contributed by atoms with Gasteiger partial charge < -0.3 is 14.2 Å². The fraction of sp³-hybridized carbons (Fsp3) is 0.471. The average Bonchev–Trinajstić information content (AvgIpc) is 3.06. The van der Waals surface area contributed by atoms with Crippen molar-refractivity contribution < 1.29 is 9.53 Å². The Labute approximate surface area is 136 Å². The maximum Gasteiger partial charge on any atom is 0.291 e. The third-order valence-corrected chi connectivity index (χ3v) is 3.82. The summed E-state index contributed by atoms with van der Waals surface area (Å²) in [5.74, 6) is 1.13. The smallest absolute Gasteiger partial charge is 0.291 e. The molecule has 0 N–H and O–H groups in total. The second kappa shape index (κ2) is 6.40. The number of rotatable bonds is 6. The standard InChI is InChI=1S/C17H22N4O2/c1-4-5-8-20-11-21-14(10-19-16(21)17(20)22)13-6-7-15(18-9-13)23-12(2)3/h6-7,9-10,12H,4-5,8,11H2,1-3H3. The summed E-state index contributed by atoms with van der Waals surface area (Å²) >= 11 is 0. The largest absolute Gasteiger partial charge is 0.475 e. The number of aromatic nitrogens is 3. The maximum absolute atomic E-state index is 12.3. The molecule has 0 atom stereocenters. The minimum Gasteiger partial charge on any atom is -0.475 e. The van der Waals surface area contributed by atoms with Crippen molar-refractivity contribution in [3.8, 4) is 17.1 Å². The molecule has 2 aromatic heterocycles. The molecule has 3 rings (SSSR count). The quantitative estimate of drug-likeness (QED) is 0.822. The highest BCUT2D eigenvalue weighted by Crippen LogP contribution is 2.26. The SMILES string of the molecule is CCCCN1Cn2c(-c3ccc(OC(C)C)nc3)cnc2C1=O. The summed E-state index contributed by atoms with van der Waals surface area (Å²) in [5.41, 5.74) is 1.85. The van der Waals surface area contributed by atoms with Gasteiger partial charge in [0.15, 0.2) is 0 Å². The van der Waals surface area contributed by atoms with Crippen molar-refractivity contribution in [2.24, 2.45) is 0 Å². The lowest BCUT2D eigenvalue weighted by Crippen LogP contribution is -2.25. The minimum absolute atomic E-state index is 0.0115. The van der Waals surface area contributed by atoms with Gasteiger partial charge in [0.2, 0.25) is 11.7 Å². The van der Waals surface area contributed by atoms with Crippen LogP contribution in [0, 0.1) is 0 Å². The van der Waals surface area contributed by atoms with Gasteiger partial charge in [-0.2, -0.15) is 0 Å². The van der Waals surface area contributed by atoms with Crippen LogP contribution in [0.4, 0.5) is 0 Å². The second-order valence-corrected chi connectivity index (χ2v) is 6.01. The Morgan fingerprint density at radius 1 is 1.26 bits per heavy atom. The Morgan fingerprint density at radius 3 is 2.74 bits per heavy atom. The van der Waals surface area contributed by atoms with Crippen molar-refractivity contribution >= 4 is 5.91 Å². The third-order valence-electron chi connectivity index (χ3n) is 3.82. The van der Waals surface area contributed by atoms with Gasteiger partial charge in [0, 0.05) is 24.4 Å². The normalized spacial score (nSPS) is 13.7. The van der Waals surface area contributed by atoms with E-state index in [0.717, 1.165) is 30.6 Å². The lowest BCUT2D eigenvalue weighted by atomic mass is 10.2. The molecule has 122 valence electrons. The summed E-state index contributed by atoms with van der Waals surface area (Å²) in [4.78, 5) is 22.8. The summed E-state index contributed by atoms with van der Waals surface area (Å²) in [5, 5.41) is 0. The molecule has 6 nitrogen and oxygen atoms in total. The zero-order valence-corrected chi connectivity index (χ0v) is 13.8. The summed E-state index contributed by atoms with van der Waals surface area (Å²) in [6.45, 7) is 7.40. The third kappa shape index (κ3) is 3.06. The summed E-state index contributed by atoms with van der Waals surface area (Å²) in [6.07, 6.45) is 5.68. The number of hydrogen-bond acceptors (Lipinski definition) is 4. The molecular weight excluding hydrogens is 292 g/mol. The Kier molecular flexibility index (Phi) is 4.32. The summed E-state index contributed by atoms with van der Waals surface area (Å²) in [6, 6.07) is 3.80. The molecule has 2 aromatic rings. The molecule has 1 aliphatic rings. The molecule has 23 heavy (non-hydrogen) atoms. The van der Waals surface area contributed by atoms with Crippen molar-refractivity contribution in [2.45, 2.75) is 46.4 Å². The molecule has 3 heterocycles. The molecular formula is C17H22N4O2. The van der Waals surface area contributed by atoms with Crippen molar-refractivity contribution in [1.82, 2.24) is 19.4 Å². The Bertz CT molecular complexity index is 691. The number of unbranched alkanes of at least 4 members (excludes halogenated alkanes) is 1. The first kappa shape index (κ1) is 15.5. The van der Waals surface area contributed by atoms with E-state index in [4.69, 9.17) is 4.74 Å². The zero-order valence-electron chi connectivity index (χ0n) is 13.8. The average molecular weight is 314 g/mol. The van der Waals surface area contributed by atoms with Crippen LogP contribution in [-0.4, -0.2) is 38.0 Å². The lowest BCUT2D eigenvalue weighted by Gasteiger charge is -2.15. The molecule has 0 saturated heterocycles. The van der Waals surface area contributed by atoms with E-state index in [1.807, 2.05) is 35.4 Å². The first-order chi connectivity index (χ1) is 11.1. The summed E-state index contributed by atoms with van der Waals surface area (Å²) in [7, 11) is 0. The number of carbonyl (C=O) groups excluding carboxylic acids is 1. The van der Waals surface area contributed by atoms with E-state index in [2.05, 4.69) is 16.9 Å². The number of pyridine rings is 1. The van der Waals surface area contributed by atoms with Gasteiger partial charge in [-0.1, -0.05) is 13.3 Å². The maximum atomic E-state index is 12.3. The number of carbonyl (C=O) groups is 1. The lowest BCUT2D eigenvalue weighted by molar-refractivity contribution is 0.0764. The second-order valence-electron chi connectivity index (χ2n) is 6.01. The predicted molar refractivity (Wildman–Crippen MR) is 87.2 cm³/mol. The zero-order chi connectivity index (χ0) is 16.4. The molecule has 0 saturated carbocycles. The van der Waals surface area contributed by atoms with Gasteiger partial charge in [-0.3, -0.25) is 4.79 Å². The monoisotopic (exact) mass is 314 g/mol. The molecule has 6 heteroatoms. The van der Waals surface area contributed by atoms with Gasteiger partial charge in [0.1, 0.15) is 0 Å². The van der Waals surface area contributed by atoms with Crippen LogP contribution in [0.25, 0.3) is 11.3 Å². The highest BCUT2D eigenvalue weighted by Gasteiger charge is 2.30. The van der Waals surface area contributed by atoms with Gasteiger partial charge in [0.25, 0.3) is 5.91 Å². The van der Waals surface area contributed by atoms with Gasteiger partial charge in [-0.05, 0) is 26.3 Å². The van der Waals surface area contributed by atoms with Crippen molar-refractivity contribution in [3.05, 3.63) is 30.4 Å². The first-order valence-corrected chi connectivity index (χ1v) is 8.08. The van der Waals surface area contributed by atoms with E-state index in [9.17, 15) is 4.79 Å². The molecule has 0 spiro atoms. The van der Waals surface area contributed by atoms with E-state index in [0.29, 0.717) is 18.4 Å². The number of ether oxygens (including phenoxy) is 1. The number of nitrogens with zero attached hydrogens (tertiary/aromatic N) is 4. The number of hydrogen-bond donors (Lipinski definition) is 0. The number of imidazole rings is 1. The minimum atomic E-state index is 0.0115. The van der Waals surface area contributed by atoms with E-state index in [1.165, 1.54) is 0 Å². The fourth-order valence-electron chi connectivity index (χ4n) is 2.66. The Hall–Kier alpha value is -2.37. The van der Waals surface area contributed by atoms with Crippen LogP contribution in [0.5, 0.6) is 5.88 Å². The first-order valence-electron chi connectivity index (χ1n) is 8.08. The van der Waals surface area contributed by atoms with Crippen LogP contribution in [0.3, 0.4) is 0 Å². The molecule has 1 aliphatic heterocycles. The van der Waals surface area contributed by atoms with Gasteiger partial charge in [-0.25, -0.2) is 9.97 Å².